The summed E-state index contributed by atoms with van der Waals surface area (Å²) < 4.78 is 43.6. The second-order valence-electron chi connectivity index (χ2n) is 4.27. The van der Waals surface area contributed by atoms with Gasteiger partial charge in [0.25, 0.3) is 0 Å². The Labute approximate surface area is 98.4 Å². The molecule has 0 radical (unpaired) electrons. The van der Waals surface area contributed by atoms with Crippen molar-refractivity contribution in [2.75, 3.05) is 7.05 Å². The molecule has 2 atom stereocenters. The zero-order valence-electron chi connectivity index (χ0n) is 10.1. The van der Waals surface area contributed by atoms with Crippen LogP contribution in [0.1, 0.15) is 18.4 Å². The molecule has 0 saturated heterocycles. The molecular formula is C11H17F3N2O. The second-order valence-corrected chi connectivity index (χ2v) is 4.27. The fraction of sp³-hybridized carbons (Fsp3) is 0.636. The van der Waals surface area contributed by atoms with E-state index in [0.717, 1.165) is 4.90 Å². The van der Waals surface area contributed by atoms with Crippen LogP contribution < -0.4 is 5.73 Å². The molecule has 0 amide bonds. The molecule has 0 saturated carbocycles. The standard InChI is InChI=1S/C11H17F3N2O/c1-7-4-5-9(17-7)6-16(3)10(8(2)15)11(12,13)14/h4-5,8,10H,6,15H2,1-3H3. The molecule has 0 aliphatic carbocycles. The van der Waals surface area contributed by atoms with Crippen LogP contribution >= 0.6 is 0 Å². The van der Waals surface area contributed by atoms with Crippen molar-refractivity contribution in [3.8, 4) is 0 Å². The molecule has 0 aliphatic rings. The van der Waals surface area contributed by atoms with Crippen LogP contribution in [0.2, 0.25) is 0 Å². The minimum atomic E-state index is -4.34. The van der Waals surface area contributed by atoms with E-state index >= 15 is 0 Å². The van der Waals surface area contributed by atoms with E-state index in [0.29, 0.717) is 11.5 Å². The number of hydrogen-bond donors (Lipinski definition) is 1. The predicted molar refractivity (Wildman–Crippen MR) is 58.4 cm³/mol. The topological polar surface area (TPSA) is 42.4 Å². The lowest BCUT2D eigenvalue weighted by atomic mass is 10.1. The normalized spacial score (nSPS) is 16.2. The fourth-order valence-corrected chi connectivity index (χ4v) is 1.86. The van der Waals surface area contributed by atoms with Gasteiger partial charge in [0.15, 0.2) is 0 Å². The van der Waals surface area contributed by atoms with Gasteiger partial charge < -0.3 is 10.2 Å². The van der Waals surface area contributed by atoms with Crippen LogP contribution in [0.3, 0.4) is 0 Å². The first kappa shape index (κ1) is 14.1. The zero-order chi connectivity index (χ0) is 13.2. The van der Waals surface area contributed by atoms with Crippen molar-refractivity contribution in [1.82, 2.24) is 4.90 Å². The Bertz CT molecular complexity index is 360. The van der Waals surface area contributed by atoms with Gasteiger partial charge in [-0.3, -0.25) is 4.90 Å². The van der Waals surface area contributed by atoms with Crippen molar-refractivity contribution in [3.63, 3.8) is 0 Å². The van der Waals surface area contributed by atoms with E-state index in [4.69, 9.17) is 10.2 Å². The monoisotopic (exact) mass is 250 g/mol. The van der Waals surface area contributed by atoms with Crippen molar-refractivity contribution in [2.45, 2.75) is 38.7 Å². The molecule has 1 aromatic rings. The van der Waals surface area contributed by atoms with Crippen molar-refractivity contribution < 1.29 is 17.6 Å². The molecule has 2 N–H and O–H groups in total. The molecule has 0 fully saturated rings. The Morgan fingerprint density at radius 1 is 1.41 bits per heavy atom. The van der Waals surface area contributed by atoms with E-state index in [1.165, 1.54) is 14.0 Å². The van der Waals surface area contributed by atoms with Crippen LogP contribution in [-0.2, 0) is 6.54 Å². The Kier molecular flexibility index (Phi) is 4.21. The van der Waals surface area contributed by atoms with Crippen LogP contribution in [0.4, 0.5) is 13.2 Å². The highest BCUT2D eigenvalue weighted by atomic mass is 19.4. The van der Waals surface area contributed by atoms with Crippen LogP contribution in [0, 0.1) is 6.92 Å². The van der Waals surface area contributed by atoms with Crippen LogP contribution in [0.5, 0.6) is 0 Å². The third kappa shape index (κ3) is 3.74. The molecular weight excluding hydrogens is 233 g/mol. The molecule has 0 bridgehead atoms. The van der Waals surface area contributed by atoms with Gasteiger partial charge in [0.05, 0.1) is 6.54 Å². The zero-order valence-corrected chi connectivity index (χ0v) is 10.1. The largest absolute Gasteiger partial charge is 0.465 e. The summed E-state index contributed by atoms with van der Waals surface area (Å²) >= 11 is 0. The highest BCUT2D eigenvalue weighted by molar-refractivity contribution is 5.05. The van der Waals surface area contributed by atoms with Crippen molar-refractivity contribution >= 4 is 0 Å². The molecule has 2 unspecified atom stereocenters. The average molecular weight is 250 g/mol. The summed E-state index contributed by atoms with van der Waals surface area (Å²) in [7, 11) is 1.39. The number of aryl methyl sites for hydroxylation is 1. The molecule has 0 spiro atoms. The summed E-state index contributed by atoms with van der Waals surface area (Å²) in [6.45, 7) is 3.18. The van der Waals surface area contributed by atoms with Crippen LogP contribution in [-0.4, -0.2) is 30.2 Å². The first-order valence-electron chi connectivity index (χ1n) is 5.29. The van der Waals surface area contributed by atoms with Gasteiger partial charge in [0, 0.05) is 6.04 Å². The van der Waals surface area contributed by atoms with Gasteiger partial charge in [-0.15, -0.1) is 0 Å². The van der Waals surface area contributed by atoms with Crippen molar-refractivity contribution in [1.29, 1.82) is 0 Å². The summed E-state index contributed by atoms with van der Waals surface area (Å²) in [6, 6.07) is 0.724. The van der Waals surface area contributed by atoms with Crippen molar-refractivity contribution in [3.05, 3.63) is 23.7 Å². The lowest BCUT2D eigenvalue weighted by Gasteiger charge is -2.31. The van der Waals surface area contributed by atoms with E-state index in [9.17, 15) is 13.2 Å². The Morgan fingerprint density at radius 2 is 2.00 bits per heavy atom. The number of halogens is 3. The van der Waals surface area contributed by atoms with E-state index in [-0.39, 0.29) is 6.54 Å². The van der Waals surface area contributed by atoms with E-state index in [1.54, 1.807) is 19.1 Å². The summed E-state index contributed by atoms with van der Waals surface area (Å²) in [6.07, 6.45) is -4.34. The number of likely N-dealkylation sites (N-methyl/N-ethyl adjacent to an activating group) is 1. The summed E-state index contributed by atoms with van der Waals surface area (Å²) in [4.78, 5) is 1.16. The van der Waals surface area contributed by atoms with E-state index < -0.39 is 18.3 Å². The van der Waals surface area contributed by atoms with Gasteiger partial charge in [-0.05, 0) is 33.0 Å². The SMILES string of the molecule is Cc1ccc(CN(C)C(C(C)N)C(F)(F)F)o1. The average Bonchev–Trinajstić information content (AvgIpc) is 2.46. The Morgan fingerprint density at radius 3 is 2.35 bits per heavy atom. The Hall–Kier alpha value is -1.01. The number of alkyl halides is 3. The molecule has 1 heterocycles. The number of nitrogens with zero attached hydrogens (tertiary/aromatic N) is 1. The van der Waals surface area contributed by atoms with Gasteiger partial charge in [0.1, 0.15) is 17.6 Å². The van der Waals surface area contributed by atoms with Gasteiger partial charge in [0.2, 0.25) is 0 Å². The fourth-order valence-electron chi connectivity index (χ4n) is 1.86. The molecule has 3 nitrogen and oxygen atoms in total. The molecule has 1 aromatic heterocycles. The maximum absolute atomic E-state index is 12.8. The molecule has 0 aliphatic heterocycles. The third-order valence-corrected chi connectivity index (χ3v) is 2.51. The summed E-state index contributed by atoms with van der Waals surface area (Å²) in [5.41, 5.74) is 5.39. The maximum Gasteiger partial charge on any atom is 0.405 e. The first-order valence-corrected chi connectivity index (χ1v) is 5.29. The molecule has 0 aromatic carbocycles. The highest BCUT2D eigenvalue weighted by Crippen LogP contribution is 2.27. The van der Waals surface area contributed by atoms with Gasteiger partial charge in [-0.1, -0.05) is 0 Å². The third-order valence-electron chi connectivity index (χ3n) is 2.51. The van der Waals surface area contributed by atoms with Gasteiger partial charge >= 0.3 is 6.18 Å². The number of nitrogens with two attached hydrogens (primary N) is 1. The molecule has 98 valence electrons. The first-order chi connectivity index (χ1) is 7.71. The summed E-state index contributed by atoms with van der Waals surface area (Å²) in [5, 5.41) is 0. The number of rotatable bonds is 4. The quantitative estimate of drug-likeness (QED) is 0.891. The minimum Gasteiger partial charge on any atom is -0.465 e. The predicted octanol–water partition coefficient (Wildman–Crippen LogP) is 2.30. The Balaban J connectivity index is 2.76. The summed E-state index contributed by atoms with van der Waals surface area (Å²) in [5.74, 6) is 1.18. The molecule has 17 heavy (non-hydrogen) atoms. The van der Waals surface area contributed by atoms with Crippen molar-refractivity contribution in [2.24, 2.45) is 5.73 Å². The maximum atomic E-state index is 12.8. The van der Waals surface area contributed by atoms with Crippen LogP contribution in [0.15, 0.2) is 16.5 Å². The second kappa shape index (κ2) is 5.10. The lowest BCUT2D eigenvalue weighted by molar-refractivity contribution is -0.186. The number of furan rings is 1. The highest BCUT2D eigenvalue weighted by Gasteiger charge is 2.44. The number of hydrogen-bond acceptors (Lipinski definition) is 3. The van der Waals surface area contributed by atoms with E-state index in [2.05, 4.69) is 0 Å². The van der Waals surface area contributed by atoms with Gasteiger partial charge in [-0.25, -0.2) is 0 Å². The van der Waals surface area contributed by atoms with Crippen LogP contribution in [0.25, 0.3) is 0 Å². The molecule has 1 rings (SSSR count). The smallest absolute Gasteiger partial charge is 0.405 e. The lowest BCUT2D eigenvalue weighted by Crippen LogP contribution is -2.53. The minimum absolute atomic E-state index is 0.0829. The van der Waals surface area contributed by atoms with Gasteiger partial charge in [-0.2, -0.15) is 13.2 Å². The van der Waals surface area contributed by atoms with E-state index in [1.807, 2.05) is 0 Å². The molecule has 6 heteroatoms.